The van der Waals surface area contributed by atoms with Crippen LogP contribution >= 0.6 is 24.0 Å². The van der Waals surface area contributed by atoms with Crippen molar-refractivity contribution in [3.63, 3.8) is 0 Å². The van der Waals surface area contributed by atoms with Crippen molar-refractivity contribution in [3.8, 4) is 17.2 Å². The number of piperidine rings is 1. The van der Waals surface area contributed by atoms with E-state index in [1.54, 1.807) is 14.2 Å². The SMILES string of the molecule is CN=C(NCc1ccc(Oc2ccccc2OC)cc1)NC1CCCN(c2cnn(C)c2)C1.I. The zero-order valence-electron chi connectivity index (χ0n) is 19.9. The lowest BCUT2D eigenvalue weighted by atomic mass is 10.1. The van der Waals surface area contributed by atoms with Crippen molar-refractivity contribution in [3.05, 3.63) is 66.5 Å². The lowest BCUT2D eigenvalue weighted by molar-refractivity contribution is 0.379. The van der Waals surface area contributed by atoms with Crippen molar-refractivity contribution in [1.82, 2.24) is 20.4 Å². The summed E-state index contributed by atoms with van der Waals surface area (Å²) < 4.78 is 13.2. The molecule has 182 valence electrons. The number of benzene rings is 2. The summed E-state index contributed by atoms with van der Waals surface area (Å²) in [6.45, 7) is 2.66. The number of halogens is 1. The van der Waals surface area contributed by atoms with E-state index in [2.05, 4.69) is 44.0 Å². The number of aliphatic imine (C=N–C) groups is 1. The summed E-state index contributed by atoms with van der Waals surface area (Å²) in [5, 5.41) is 11.3. The molecule has 1 aromatic heterocycles. The number of anilines is 1. The molecule has 3 aromatic rings. The van der Waals surface area contributed by atoms with Gasteiger partial charge < -0.3 is 25.0 Å². The summed E-state index contributed by atoms with van der Waals surface area (Å²) in [4.78, 5) is 6.79. The van der Waals surface area contributed by atoms with Crippen molar-refractivity contribution in [2.45, 2.75) is 25.4 Å². The largest absolute Gasteiger partial charge is 0.493 e. The standard InChI is InChI=1S/C25H32N6O2.HI/c1-26-25(29-20-7-6-14-31(17-20)21-16-28-30(2)18-21)27-15-19-10-12-22(13-11-19)33-24-9-5-4-8-23(24)32-3;/h4-5,8-13,16,18,20H,6-7,14-15,17H2,1-3H3,(H2,26,27,29);1H. The first-order valence-corrected chi connectivity index (χ1v) is 11.2. The first-order chi connectivity index (χ1) is 16.1. The van der Waals surface area contributed by atoms with E-state index in [0.717, 1.165) is 43.2 Å². The number of aryl methyl sites for hydroxylation is 1. The molecule has 4 rings (SSSR count). The Labute approximate surface area is 218 Å². The number of aromatic nitrogens is 2. The third-order valence-electron chi connectivity index (χ3n) is 5.72. The van der Waals surface area contributed by atoms with Crippen LogP contribution in [0, 0.1) is 0 Å². The van der Waals surface area contributed by atoms with Crippen molar-refractivity contribution in [1.29, 1.82) is 0 Å². The molecule has 1 aliphatic rings. The minimum atomic E-state index is 0. The maximum atomic E-state index is 5.96. The molecule has 2 aromatic carbocycles. The molecule has 0 aliphatic carbocycles. The van der Waals surface area contributed by atoms with Crippen molar-refractivity contribution in [2.24, 2.45) is 12.0 Å². The maximum absolute atomic E-state index is 5.96. The summed E-state index contributed by atoms with van der Waals surface area (Å²) in [6.07, 6.45) is 6.25. The third-order valence-corrected chi connectivity index (χ3v) is 5.72. The van der Waals surface area contributed by atoms with Crippen LogP contribution in [-0.4, -0.2) is 49.0 Å². The fraction of sp³-hybridized carbons (Fsp3) is 0.360. The number of rotatable bonds is 7. The van der Waals surface area contributed by atoms with E-state index >= 15 is 0 Å². The highest BCUT2D eigenvalue weighted by molar-refractivity contribution is 14.0. The minimum absolute atomic E-state index is 0. The molecule has 2 heterocycles. The highest BCUT2D eigenvalue weighted by Crippen LogP contribution is 2.30. The van der Waals surface area contributed by atoms with Crippen LogP contribution in [0.1, 0.15) is 18.4 Å². The van der Waals surface area contributed by atoms with E-state index in [4.69, 9.17) is 9.47 Å². The van der Waals surface area contributed by atoms with Crippen LogP contribution in [0.25, 0.3) is 0 Å². The zero-order chi connectivity index (χ0) is 23.0. The second-order valence-corrected chi connectivity index (χ2v) is 8.12. The van der Waals surface area contributed by atoms with Gasteiger partial charge in [0, 0.05) is 46.0 Å². The van der Waals surface area contributed by atoms with Crippen LogP contribution in [0.15, 0.2) is 65.9 Å². The smallest absolute Gasteiger partial charge is 0.191 e. The number of methoxy groups -OCH3 is 1. The maximum Gasteiger partial charge on any atom is 0.191 e. The Kier molecular flexibility index (Phi) is 9.43. The number of hydrogen-bond acceptors (Lipinski definition) is 5. The second kappa shape index (κ2) is 12.5. The summed E-state index contributed by atoms with van der Waals surface area (Å²) >= 11 is 0. The molecule has 1 atom stereocenters. The Bertz CT molecular complexity index is 1070. The predicted octanol–water partition coefficient (Wildman–Crippen LogP) is 4.17. The minimum Gasteiger partial charge on any atom is -0.493 e. The quantitative estimate of drug-likeness (QED) is 0.250. The molecule has 1 aliphatic heterocycles. The summed E-state index contributed by atoms with van der Waals surface area (Å²) in [5.74, 6) is 2.98. The van der Waals surface area contributed by atoms with Crippen LogP contribution < -0.4 is 25.0 Å². The van der Waals surface area contributed by atoms with Gasteiger partial charge in [0.1, 0.15) is 5.75 Å². The lowest BCUT2D eigenvalue weighted by Crippen LogP contribution is -2.51. The van der Waals surface area contributed by atoms with Crippen molar-refractivity contribution in [2.75, 3.05) is 32.1 Å². The number of para-hydroxylation sites is 2. The topological polar surface area (TPSA) is 75.9 Å². The van der Waals surface area contributed by atoms with Crippen LogP contribution in [-0.2, 0) is 13.6 Å². The second-order valence-electron chi connectivity index (χ2n) is 8.12. The van der Waals surface area contributed by atoms with Gasteiger partial charge in [0.2, 0.25) is 0 Å². The molecule has 9 heteroatoms. The van der Waals surface area contributed by atoms with Gasteiger partial charge in [-0.05, 0) is 42.7 Å². The summed E-state index contributed by atoms with van der Waals surface area (Å²) in [6, 6.07) is 16.0. The van der Waals surface area contributed by atoms with Gasteiger partial charge in [-0.1, -0.05) is 24.3 Å². The van der Waals surface area contributed by atoms with Crippen LogP contribution in [0.5, 0.6) is 17.2 Å². The van der Waals surface area contributed by atoms with E-state index in [0.29, 0.717) is 24.1 Å². The summed E-state index contributed by atoms with van der Waals surface area (Å²) in [7, 11) is 5.40. The summed E-state index contributed by atoms with van der Waals surface area (Å²) in [5.41, 5.74) is 2.31. The van der Waals surface area contributed by atoms with Gasteiger partial charge in [-0.25, -0.2) is 0 Å². The monoisotopic (exact) mass is 576 g/mol. The van der Waals surface area contributed by atoms with Crippen LogP contribution in [0.3, 0.4) is 0 Å². The number of nitrogens with one attached hydrogen (secondary N) is 2. The number of nitrogens with zero attached hydrogens (tertiary/aromatic N) is 4. The van der Waals surface area contributed by atoms with Crippen molar-refractivity contribution < 1.29 is 9.47 Å². The van der Waals surface area contributed by atoms with E-state index in [1.807, 2.05) is 54.3 Å². The van der Waals surface area contributed by atoms with E-state index in [9.17, 15) is 0 Å². The highest BCUT2D eigenvalue weighted by atomic mass is 127. The Balaban J connectivity index is 0.00000324. The Morgan fingerprint density at radius 1 is 1.15 bits per heavy atom. The molecule has 0 spiro atoms. The van der Waals surface area contributed by atoms with Crippen molar-refractivity contribution >= 4 is 35.6 Å². The first-order valence-electron chi connectivity index (χ1n) is 11.2. The van der Waals surface area contributed by atoms with Crippen LogP contribution in [0.4, 0.5) is 5.69 Å². The molecule has 0 bridgehead atoms. The van der Waals surface area contributed by atoms with Gasteiger partial charge in [-0.3, -0.25) is 9.67 Å². The average Bonchev–Trinajstić information content (AvgIpc) is 3.29. The number of hydrogen-bond donors (Lipinski definition) is 2. The zero-order valence-corrected chi connectivity index (χ0v) is 22.2. The first kappa shape index (κ1) is 25.7. The van der Waals surface area contributed by atoms with Gasteiger partial charge in [0.25, 0.3) is 0 Å². The Hall–Kier alpha value is -2.95. The number of guanidine groups is 1. The predicted molar refractivity (Wildman–Crippen MR) is 147 cm³/mol. The molecule has 34 heavy (non-hydrogen) atoms. The fourth-order valence-electron chi connectivity index (χ4n) is 3.98. The molecule has 8 nitrogen and oxygen atoms in total. The molecule has 1 saturated heterocycles. The van der Waals surface area contributed by atoms with E-state index in [-0.39, 0.29) is 24.0 Å². The van der Waals surface area contributed by atoms with Gasteiger partial charge in [-0.15, -0.1) is 24.0 Å². The normalized spacial score (nSPS) is 15.9. The fourth-order valence-corrected chi connectivity index (χ4v) is 3.98. The molecule has 0 amide bonds. The van der Waals surface area contributed by atoms with E-state index < -0.39 is 0 Å². The molecule has 1 fully saturated rings. The van der Waals surface area contributed by atoms with E-state index in [1.165, 1.54) is 5.69 Å². The molecular weight excluding hydrogens is 543 g/mol. The van der Waals surface area contributed by atoms with Crippen LogP contribution in [0.2, 0.25) is 0 Å². The third kappa shape index (κ3) is 6.78. The van der Waals surface area contributed by atoms with Gasteiger partial charge in [0.15, 0.2) is 17.5 Å². The van der Waals surface area contributed by atoms with Gasteiger partial charge in [-0.2, -0.15) is 5.10 Å². The average molecular weight is 576 g/mol. The Morgan fingerprint density at radius 3 is 2.59 bits per heavy atom. The molecule has 0 saturated carbocycles. The molecule has 2 N–H and O–H groups in total. The number of ether oxygens (including phenoxy) is 2. The molecular formula is C25H33IN6O2. The molecule has 1 unspecified atom stereocenters. The van der Waals surface area contributed by atoms with Gasteiger partial charge in [0.05, 0.1) is 19.0 Å². The highest BCUT2D eigenvalue weighted by Gasteiger charge is 2.21. The Morgan fingerprint density at radius 2 is 1.91 bits per heavy atom. The lowest BCUT2D eigenvalue weighted by Gasteiger charge is -2.34. The molecule has 0 radical (unpaired) electrons. The van der Waals surface area contributed by atoms with Gasteiger partial charge >= 0.3 is 0 Å².